The average Bonchev–Trinajstić information content (AvgIpc) is 3.60. The molecule has 12 heteroatoms. The van der Waals surface area contributed by atoms with Crippen LogP contribution in [0.15, 0.2) is 42.6 Å². The Labute approximate surface area is 230 Å². The summed E-state index contributed by atoms with van der Waals surface area (Å²) in [6.07, 6.45) is 0.336. The number of halogens is 1. The second-order valence-corrected chi connectivity index (χ2v) is 13.0. The van der Waals surface area contributed by atoms with E-state index in [2.05, 4.69) is 4.98 Å². The number of nitrogens with zero attached hydrogens (tertiary/aromatic N) is 3. The van der Waals surface area contributed by atoms with E-state index in [1.165, 1.54) is 33.9 Å². The smallest absolute Gasteiger partial charge is 0.250 e. The van der Waals surface area contributed by atoms with Gasteiger partial charge in [0.15, 0.2) is 15.6 Å². The minimum absolute atomic E-state index is 0.00702. The number of pyridine rings is 1. The Hall–Kier alpha value is -3.64. The molecule has 2 aromatic heterocycles. The van der Waals surface area contributed by atoms with E-state index in [4.69, 9.17) is 5.73 Å². The molecule has 212 valence electrons. The highest BCUT2D eigenvalue weighted by molar-refractivity contribution is 7.93. The van der Waals surface area contributed by atoms with Gasteiger partial charge in [-0.3, -0.25) is 19.4 Å². The van der Waals surface area contributed by atoms with Crippen molar-refractivity contribution in [3.8, 4) is 0 Å². The fourth-order valence-electron chi connectivity index (χ4n) is 5.37. The quantitative estimate of drug-likeness (QED) is 0.352. The van der Waals surface area contributed by atoms with Gasteiger partial charge in [0, 0.05) is 46.9 Å². The SMILES string of the molecule is Cc1cccc(CC(O)[C@H]2CC(F)CN2C(=O)Cn2cc(C(N)=O)c3cc(C(=O)CS(=O)(=O)C4CC4)ccc32)n1. The van der Waals surface area contributed by atoms with Gasteiger partial charge < -0.3 is 20.3 Å². The van der Waals surface area contributed by atoms with E-state index < -0.39 is 56.8 Å². The van der Waals surface area contributed by atoms with Gasteiger partial charge in [0.2, 0.25) is 5.91 Å². The van der Waals surface area contributed by atoms with Gasteiger partial charge in [-0.05, 0) is 50.1 Å². The predicted molar refractivity (Wildman–Crippen MR) is 145 cm³/mol. The molecule has 0 spiro atoms. The third kappa shape index (κ3) is 5.78. The monoisotopic (exact) mass is 570 g/mol. The number of ketones is 1. The highest BCUT2D eigenvalue weighted by Gasteiger charge is 2.40. The molecule has 1 saturated heterocycles. The van der Waals surface area contributed by atoms with Gasteiger partial charge in [-0.25, -0.2) is 12.8 Å². The summed E-state index contributed by atoms with van der Waals surface area (Å²) >= 11 is 0. The summed E-state index contributed by atoms with van der Waals surface area (Å²) in [5, 5.41) is 10.7. The molecule has 1 aromatic carbocycles. The predicted octanol–water partition coefficient (Wildman–Crippen LogP) is 1.75. The molecule has 3 N–H and O–H groups in total. The Kier molecular flexibility index (Phi) is 7.49. The van der Waals surface area contributed by atoms with Crippen LogP contribution in [0, 0.1) is 6.92 Å². The largest absolute Gasteiger partial charge is 0.391 e. The van der Waals surface area contributed by atoms with Crippen molar-refractivity contribution in [3.05, 3.63) is 65.1 Å². The van der Waals surface area contributed by atoms with Crippen LogP contribution in [0.1, 0.15) is 51.4 Å². The highest BCUT2D eigenvalue weighted by atomic mass is 32.2. The van der Waals surface area contributed by atoms with E-state index >= 15 is 0 Å². The van der Waals surface area contributed by atoms with Crippen LogP contribution in [0.4, 0.5) is 4.39 Å². The minimum Gasteiger partial charge on any atom is -0.391 e. The molecule has 40 heavy (non-hydrogen) atoms. The van der Waals surface area contributed by atoms with Crippen LogP contribution in [0.5, 0.6) is 0 Å². The number of hydrogen-bond acceptors (Lipinski definition) is 7. The van der Waals surface area contributed by atoms with Crippen molar-refractivity contribution < 1.29 is 32.3 Å². The van der Waals surface area contributed by atoms with Crippen molar-refractivity contribution in [1.29, 1.82) is 0 Å². The first-order chi connectivity index (χ1) is 18.9. The van der Waals surface area contributed by atoms with Gasteiger partial charge in [-0.1, -0.05) is 6.07 Å². The number of alkyl halides is 1. The molecule has 3 heterocycles. The zero-order valence-electron chi connectivity index (χ0n) is 22.0. The van der Waals surface area contributed by atoms with Crippen LogP contribution < -0.4 is 5.73 Å². The van der Waals surface area contributed by atoms with Gasteiger partial charge in [-0.15, -0.1) is 0 Å². The van der Waals surface area contributed by atoms with Crippen molar-refractivity contribution in [2.45, 2.75) is 62.7 Å². The Morgan fingerprint density at radius 1 is 1.20 bits per heavy atom. The van der Waals surface area contributed by atoms with Gasteiger partial charge in [0.05, 0.1) is 29.5 Å². The van der Waals surface area contributed by atoms with Crippen LogP contribution in [0.3, 0.4) is 0 Å². The second kappa shape index (κ2) is 10.7. The van der Waals surface area contributed by atoms with Crippen molar-refractivity contribution in [1.82, 2.24) is 14.5 Å². The number of carbonyl (C=O) groups excluding carboxylic acids is 3. The maximum atomic E-state index is 14.5. The van der Waals surface area contributed by atoms with Gasteiger partial charge in [0.1, 0.15) is 18.5 Å². The molecule has 2 aliphatic rings. The Morgan fingerprint density at radius 3 is 2.62 bits per heavy atom. The van der Waals surface area contributed by atoms with Gasteiger partial charge >= 0.3 is 0 Å². The summed E-state index contributed by atoms with van der Waals surface area (Å²) in [4.78, 5) is 44.0. The molecule has 10 nitrogen and oxygen atoms in total. The lowest BCUT2D eigenvalue weighted by atomic mass is 10.0. The number of rotatable bonds is 10. The zero-order chi connectivity index (χ0) is 28.8. The molecule has 1 aliphatic carbocycles. The number of hydrogen-bond donors (Lipinski definition) is 2. The first kappa shape index (κ1) is 27.9. The number of aliphatic hydroxyl groups excluding tert-OH is 1. The number of Topliss-reactive ketones (excluding diaryl/α,β-unsaturated/α-hetero) is 1. The third-order valence-electron chi connectivity index (χ3n) is 7.56. The molecule has 2 unspecified atom stereocenters. The topological polar surface area (TPSA) is 153 Å². The first-order valence-electron chi connectivity index (χ1n) is 13.1. The van der Waals surface area contributed by atoms with Crippen molar-refractivity contribution >= 4 is 38.3 Å². The zero-order valence-corrected chi connectivity index (χ0v) is 22.8. The first-order valence-corrected chi connectivity index (χ1v) is 14.9. The minimum atomic E-state index is -3.53. The number of fused-ring (bicyclic) bond motifs is 1. The van der Waals surface area contributed by atoms with Crippen LogP contribution in [0.25, 0.3) is 10.9 Å². The number of sulfone groups is 1. The Bertz CT molecular complexity index is 1600. The normalized spacial score (nSPS) is 20.1. The maximum absolute atomic E-state index is 14.5. The molecule has 0 radical (unpaired) electrons. The van der Waals surface area contributed by atoms with Crippen LogP contribution in [0.2, 0.25) is 0 Å². The number of likely N-dealkylation sites (tertiary alicyclic amines) is 1. The number of benzene rings is 1. The van der Waals surface area contributed by atoms with E-state index in [0.717, 1.165) is 5.69 Å². The van der Waals surface area contributed by atoms with Gasteiger partial charge in [-0.2, -0.15) is 0 Å². The molecule has 0 bridgehead atoms. The van der Waals surface area contributed by atoms with Gasteiger partial charge in [0.25, 0.3) is 5.91 Å². The summed E-state index contributed by atoms with van der Waals surface area (Å²) in [6, 6.07) is 9.06. The van der Waals surface area contributed by atoms with Crippen LogP contribution in [-0.2, 0) is 27.6 Å². The summed E-state index contributed by atoms with van der Waals surface area (Å²) in [5.74, 6) is -2.44. The number of aromatic nitrogens is 2. The second-order valence-electron chi connectivity index (χ2n) is 10.7. The molecule has 5 rings (SSSR count). The fourth-order valence-corrected chi connectivity index (χ4v) is 7.00. The standard InChI is InChI=1S/C28H31FN4O6S/c1-16-3-2-4-19(31-16)11-25(34)24-10-18(29)12-33(24)27(36)14-32-13-22(28(30)37)21-9-17(5-8-23(21)32)26(35)15-40(38,39)20-6-7-20/h2-5,8-9,13,18,20,24-25,34H,6-7,10-12,14-15H2,1H3,(H2,30,37)/t18?,24-,25?/m1/s1. The molecule has 2 amide bonds. The van der Waals surface area contributed by atoms with Crippen molar-refractivity contribution in [2.75, 3.05) is 12.3 Å². The van der Waals surface area contributed by atoms with Crippen molar-refractivity contribution in [3.63, 3.8) is 0 Å². The third-order valence-corrected chi connectivity index (χ3v) is 9.71. The van der Waals surface area contributed by atoms with E-state index in [1.807, 2.05) is 19.1 Å². The van der Waals surface area contributed by atoms with E-state index in [1.54, 1.807) is 6.07 Å². The molecular weight excluding hydrogens is 539 g/mol. The lowest BCUT2D eigenvalue weighted by molar-refractivity contribution is -0.134. The summed E-state index contributed by atoms with van der Waals surface area (Å²) in [5.41, 5.74) is 7.61. The lowest BCUT2D eigenvalue weighted by Gasteiger charge is -2.28. The highest BCUT2D eigenvalue weighted by Crippen LogP contribution is 2.30. The molecule has 3 atom stereocenters. The lowest BCUT2D eigenvalue weighted by Crippen LogP contribution is -2.45. The number of nitrogens with two attached hydrogens (primary N) is 1. The molecule has 2 fully saturated rings. The summed E-state index contributed by atoms with van der Waals surface area (Å²) in [7, 11) is -3.53. The van der Waals surface area contributed by atoms with Crippen LogP contribution in [-0.4, -0.2) is 81.4 Å². The van der Waals surface area contributed by atoms with E-state index in [-0.39, 0.29) is 37.1 Å². The average molecular weight is 571 g/mol. The number of carbonyl (C=O) groups is 3. The van der Waals surface area contributed by atoms with E-state index in [0.29, 0.717) is 29.4 Å². The Balaban J connectivity index is 1.37. The number of aliphatic hydroxyl groups is 1. The fraction of sp³-hybridized carbons (Fsp3) is 0.429. The van der Waals surface area contributed by atoms with E-state index in [9.17, 15) is 32.3 Å². The Morgan fingerprint density at radius 2 is 1.95 bits per heavy atom. The number of aryl methyl sites for hydroxylation is 1. The molecule has 3 aromatic rings. The summed E-state index contributed by atoms with van der Waals surface area (Å²) < 4.78 is 40.6. The van der Waals surface area contributed by atoms with Crippen molar-refractivity contribution in [2.24, 2.45) is 5.73 Å². The molecular formula is C28H31FN4O6S. The maximum Gasteiger partial charge on any atom is 0.250 e. The summed E-state index contributed by atoms with van der Waals surface area (Å²) in [6.45, 7) is 1.40. The molecule has 1 saturated carbocycles. The number of amides is 2. The molecule has 1 aliphatic heterocycles. The number of primary amides is 1. The van der Waals surface area contributed by atoms with Crippen LogP contribution >= 0.6 is 0 Å².